The van der Waals surface area contributed by atoms with E-state index in [2.05, 4.69) is 17.4 Å². The quantitative estimate of drug-likeness (QED) is 0.625. The molecule has 1 unspecified atom stereocenters. The number of nitrogens with zero attached hydrogens (tertiary/aromatic N) is 1. The maximum Gasteiger partial charge on any atom is 0.268 e. The maximum absolute atomic E-state index is 12.8. The van der Waals surface area contributed by atoms with Gasteiger partial charge in [0.2, 0.25) is 5.91 Å². The second-order valence-corrected chi connectivity index (χ2v) is 7.89. The zero-order chi connectivity index (χ0) is 21.8. The van der Waals surface area contributed by atoms with Crippen molar-refractivity contribution in [3.8, 4) is 5.75 Å². The topological polar surface area (TPSA) is 58.6 Å². The van der Waals surface area contributed by atoms with Crippen LogP contribution in [0, 0.1) is 6.92 Å². The van der Waals surface area contributed by atoms with E-state index in [0.29, 0.717) is 36.5 Å². The van der Waals surface area contributed by atoms with Crippen molar-refractivity contribution in [3.63, 3.8) is 0 Å². The number of carbonyl (C=O) groups is 2. The van der Waals surface area contributed by atoms with Gasteiger partial charge in [0, 0.05) is 12.1 Å². The molecule has 31 heavy (non-hydrogen) atoms. The summed E-state index contributed by atoms with van der Waals surface area (Å²) in [6, 6.07) is 23.5. The Labute approximate surface area is 182 Å². The van der Waals surface area contributed by atoms with Crippen LogP contribution in [-0.4, -0.2) is 17.9 Å². The summed E-state index contributed by atoms with van der Waals surface area (Å²) in [6.45, 7) is 4.25. The predicted molar refractivity (Wildman–Crippen MR) is 122 cm³/mol. The van der Waals surface area contributed by atoms with E-state index in [9.17, 15) is 9.59 Å². The van der Waals surface area contributed by atoms with Gasteiger partial charge in [-0.25, -0.2) is 0 Å². The maximum atomic E-state index is 12.8. The van der Waals surface area contributed by atoms with Crippen molar-refractivity contribution in [2.45, 2.75) is 39.3 Å². The predicted octanol–water partition coefficient (Wildman–Crippen LogP) is 4.88. The minimum atomic E-state index is -0.550. The smallest absolute Gasteiger partial charge is 0.268 e. The molecule has 1 aliphatic rings. The van der Waals surface area contributed by atoms with Gasteiger partial charge in [0.1, 0.15) is 5.75 Å². The fraction of sp³-hybridized carbons (Fsp3) is 0.231. The average molecular weight is 415 g/mol. The highest BCUT2D eigenvalue weighted by atomic mass is 16.5. The number of nitrogens with one attached hydrogen (secondary N) is 1. The van der Waals surface area contributed by atoms with Crippen molar-refractivity contribution in [1.29, 1.82) is 0 Å². The molecule has 0 aliphatic carbocycles. The molecule has 1 aliphatic heterocycles. The second kappa shape index (κ2) is 9.04. The van der Waals surface area contributed by atoms with Crippen LogP contribution in [0.25, 0.3) is 0 Å². The van der Waals surface area contributed by atoms with Crippen LogP contribution < -0.4 is 15.0 Å². The van der Waals surface area contributed by atoms with Crippen LogP contribution in [0.2, 0.25) is 0 Å². The fourth-order valence-corrected chi connectivity index (χ4v) is 3.65. The van der Waals surface area contributed by atoms with Crippen LogP contribution in [0.5, 0.6) is 5.75 Å². The van der Waals surface area contributed by atoms with Crippen LogP contribution in [0.4, 0.5) is 11.4 Å². The van der Waals surface area contributed by atoms with Crippen molar-refractivity contribution < 1.29 is 14.3 Å². The van der Waals surface area contributed by atoms with E-state index in [4.69, 9.17) is 4.74 Å². The Balaban J connectivity index is 1.48. The molecule has 1 atom stereocenters. The zero-order valence-corrected chi connectivity index (χ0v) is 17.8. The third-order valence-electron chi connectivity index (χ3n) is 5.40. The van der Waals surface area contributed by atoms with E-state index >= 15 is 0 Å². The Hall–Kier alpha value is -3.60. The van der Waals surface area contributed by atoms with Gasteiger partial charge in [0.15, 0.2) is 6.10 Å². The number of amides is 2. The third kappa shape index (κ3) is 4.94. The molecular weight excluding hydrogens is 388 g/mol. The van der Waals surface area contributed by atoms with Crippen LogP contribution in [0.3, 0.4) is 0 Å². The summed E-state index contributed by atoms with van der Waals surface area (Å²) < 4.78 is 5.78. The molecule has 0 spiro atoms. The van der Waals surface area contributed by atoms with E-state index in [1.165, 1.54) is 5.56 Å². The van der Waals surface area contributed by atoms with Crippen molar-refractivity contribution >= 4 is 23.2 Å². The second-order valence-electron chi connectivity index (χ2n) is 7.89. The lowest BCUT2D eigenvalue weighted by atomic mass is 10.1. The SMILES string of the molecule is Cc1ccc(CCC(=O)Nc2ccc3c(c2)N(Cc2ccccc2)C(=O)C(C)O3)cc1. The number of hydrogen-bond acceptors (Lipinski definition) is 3. The number of benzene rings is 3. The number of anilines is 2. The largest absolute Gasteiger partial charge is 0.479 e. The van der Waals surface area contributed by atoms with Crippen LogP contribution in [0.1, 0.15) is 30.0 Å². The number of hydrogen-bond donors (Lipinski definition) is 1. The molecule has 0 bridgehead atoms. The summed E-state index contributed by atoms with van der Waals surface area (Å²) in [5.41, 5.74) is 4.69. The summed E-state index contributed by atoms with van der Waals surface area (Å²) in [6.07, 6.45) is 0.516. The highest BCUT2D eigenvalue weighted by Crippen LogP contribution is 2.37. The van der Waals surface area contributed by atoms with E-state index in [0.717, 1.165) is 11.1 Å². The van der Waals surface area contributed by atoms with Crippen molar-refractivity contribution in [2.24, 2.45) is 0 Å². The third-order valence-corrected chi connectivity index (χ3v) is 5.40. The summed E-state index contributed by atoms with van der Waals surface area (Å²) in [7, 11) is 0. The number of rotatable bonds is 6. The van der Waals surface area contributed by atoms with Gasteiger partial charge in [-0.15, -0.1) is 0 Å². The van der Waals surface area contributed by atoms with Crippen LogP contribution in [0.15, 0.2) is 72.8 Å². The molecule has 2 amide bonds. The van der Waals surface area contributed by atoms with E-state index in [1.54, 1.807) is 11.8 Å². The minimum absolute atomic E-state index is 0.0634. The first-order valence-electron chi connectivity index (χ1n) is 10.5. The van der Waals surface area contributed by atoms with E-state index in [1.807, 2.05) is 67.6 Å². The minimum Gasteiger partial charge on any atom is -0.479 e. The Bertz CT molecular complexity index is 1080. The van der Waals surface area contributed by atoms with Crippen LogP contribution >= 0.6 is 0 Å². The molecule has 0 saturated heterocycles. The Kier molecular flexibility index (Phi) is 6.03. The van der Waals surface area contributed by atoms with E-state index in [-0.39, 0.29) is 11.8 Å². The van der Waals surface area contributed by atoms with Crippen LogP contribution in [-0.2, 0) is 22.6 Å². The lowest BCUT2D eigenvalue weighted by molar-refractivity contribution is -0.125. The Morgan fingerprint density at radius 1 is 1.00 bits per heavy atom. The molecule has 1 heterocycles. The van der Waals surface area contributed by atoms with Gasteiger partial charge in [-0.3, -0.25) is 9.59 Å². The summed E-state index contributed by atoms with van der Waals surface area (Å²) >= 11 is 0. The van der Waals surface area contributed by atoms with Crippen molar-refractivity contribution in [3.05, 3.63) is 89.5 Å². The molecule has 5 nitrogen and oxygen atoms in total. The fourth-order valence-electron chi connectivity index (χ4n) is 3.65. The highest BCUT2D eigenvalue weighted by molar-refractivity contribution is 6.01. The lowest BCUT2D eigenvalue weighted by Crippen LogP contribution is -2.44. The zero-order valence-electron chi connectivity index (χ0n) is 17.8. The molecule has 0 aromatic heterocycles. The van der Waals surface area contributed by atoms with Gasteiger partial charge in [-0.2, -0.15) is 0 Å². The number of ether oxygens (including phenoxy) is 1. The van der Waals surface area contributed by atoms with Crippen molar-refractivity contribution in [1.82, 2.24) is 0 Å². The summed E-state index contributed by atoms with van der Waals surface area (Å²) in [5.74, 6) is 0.478. The van der Waals surface area contributed by atoms with Gasteiger partial charge in [-0.05, 0) is 49.6 Å². The van der Waals surface area contributed by atoms with Gasteiger partial charge < -0.3 is 15.0 Å². The molecule has 3 aromatic rings. The first-order valence-corrected chi connectivity index (χ1v) is 10.5. The normalized spacial score (nSPS) is 15.2. The van der Waals surface area contributed by atoms with Gasteiger partial charge >= 0.3 is 0 Å². The number of carbonyl (C=O) groups excluding carboxylic acids is 2. The molecule has 0 radical (unpaired) electrons. The number of aryl methyl sites for hydroxylation is 2. The molecule has 5 heteroatoms. The lowest BCUT2D eigenvalue weighted by Gasteiger charge is -2.33. The first kappa shape index (κ1) is 20.7. The molecule has 3 aromatic carbocycles. The number of fused-ring (bicyclic) bond motifs is 1. The standard InChI is InChI=1S/C26H26N2O3/c1-18-8-10-20(11-9-18)12-15-25(29)27-22-13-14-24-23(16-22)28(26(30)19(2)31-24)17-21-6-4-3-5-7-21/h3-11,13-14,16,19H,12,15,17H2,1-2H3,(H,27,29). The molecule has 0 fully saturated rings. The Morgan fingerprint density at radius 2 is 1.74 bits per heavy atom. The molecule has 4 rings (SSSR count). The van der Waals surface area contributed by atoms with Gasteiger partial charge in [0.05, 0.1) is 12.2 Å². The highest BCUT2D eigenvalue weighted by Gasteiger charge is 2.31. The Morgan fingerprint density at radius 3 is 2.48 bits per heavy atom. The van der Waals surface area contributed by atoms with E-state index < -0.39 is 6.10 Å². The molecule has 1 N–H and O–H groups in total. The van der Waals surface area contributed by atoms with Gasteiger partial charge in [-0.1, -0.05) is 60.2 Å². The van der Waals surface area contributed by atoms with Crippen molar-refractivity contribution in [2.75, 3.05) is 10.2 Å². The summed E-state index contributed by atoms with van der Waals surface area (Å²) in [4.78, 5) is 27.0. The summed E-state index contributed by atoms with van der Waals surface area (Å²) in [5, 5.41) is 2.95. The molecular formula is C26H26N2O3. The molecule has 0 saturated carbocycles. The average Bonchev–Trinajstić information content (AvgIpc) is 2.77. The van der Waals surface area contributed by atoms with Gasteiger partial charge in [0.25, 0.3) is 5.91 Å². The monoisotopic (exact) mass is 414 g/mol. The molecule has 158 valence electrons. The first-order chi connectivity index (χ1) is 15.0.